The highest BCUT2D eigenvalue weighted by Gasteiger charge is 2.08. The summed E-state index contributed by atoms with van der Waals surface area (Å²) in [6.45, 7) is 4.42. The van der Waals surface area contributed by atoms with Crippen molar-refractivity contribution in [3.8, 4) is 0 Å². The molecule has 0 aliphatic heterocycles. The summed E-state index contributed by atoms with van der Waals surface area (Å²) in [5.41, 5.74) is 0. The third-order valence-electron chi connectivity index (χ3n) is 1.56. The Morgan fingerprint density at radius 3 is 2.77 bits per heavy atom. The molecule has 0 aliphatic carbocycles. The lowest BCUT2D eigenvalue weighted by molar-refractivity contribution is 0.224. The number of urea groups is 1. The van der Waals surface area contributed by atoms with Gasteiger partial charge in [-0.25, -0.2) is 4.79 Å². The standard InChI is InChI=1S/C7H12N4OS/c1-4-11(3)7(12)8-6-10-9-5(2)13-6/h4H2,1-3H3,(H,8,10,12). The maximum Gasteiger partial charge on any atom is 0.323 e. The molecule has 0 bridgehead atoms. The van der Waals surface area contributed by atoms with E-state index in [2.05, 4.69) is 15.5 Å². The predicted octanol–water partition coefficient (Wildman–Crippen LogP) is 1.33. The van der Waals surface area contributed by atoms with E-state index in [1.165, 1.54) is 11.3 Å². The highest BCUT2D eigenvalue weighted by atomic mass is 32.1. The van der Waals surface area contributed by atoms with Crippen LogP contribution in [0.4, 0.5) is 9.93 Å². The summed E-state index contributed by atoms with van der Waals surface area (Å²) < 4.78 is 0. The second-order valence-corrected chi connectivity index (χ2v) is 3.75. The molecule has 72 valence electrons. The fourth-order valence-corrected chi connectivity index (χ4v) is 1.26. The average molecular weight is 200 g/mol. The molecule has 1 aromatic heterocycles. The van der Waals surface area contributed by atoms with E-state index >= 15 is 0 Å². The fourth-order valence-electron chi connectivity index (χ4n) is 0.678. The topological polar surface area (TPSA) is 58.1 Å². The van der Waals surface area contributed by atoms with Crippen LogP contribution in [0.1, 0.15) is 11.9 Å². The summed E-state index contributed by atoms with van der Waals surface area (Å²) in [7, 11) is 1.73. The third-order valence-corrected chi connectivity index (χ3v) is 2.32. The SMILES string of the molecule is CCN(C)C(=O)Nc1nnc(C)s1. The minimum atomic E-state index is -0.154. The van der Waals surface area contributed by atoms with Crippen molar-refractivity contribution in [2.45, 2.75) is 13.8 Å². The summed E-state index contributed by atoms with van der Waals surface area (Å²) in [4.78, 5) is 12.9. The van der Waals surface area contributed by atoms with Crippen LogP contribution in [0.5, 0.6) is 0 Å². The minimum Gasteiger partial charge on any atom is -0.328 e. The summed E-state index contributed by atoms with van der Waals surface area (Å²) in [6.07, 6.45) is 0. The number of carbonyl (C=O) groups is 1. The Balaban J connectivity index is 2.54. The summed E-state index contributed by atoms with van der Waals surface area (Å²) in [6, 6.07) is -0.154. The maximum absolute atomic E-state index is 11.3. The van der Waals surface area contributed by atoms with Gasteiger partial charge >= 0.3 is 6.03 Å². The molecule has 0 spiro atoms. The van der Waals surface area contributed by atoms with Crippen molar-refractivity contribution < 1.29 is 4.79 Å². The van der Waals surface area contributed by atoms with Crippen LogP contribution in [0.25, 0.3) is 0 Å². The van der Waals surface area contributed by atoms with Gasteiger partial charge in [0.1, 0.15) is 5.01 Å². The zero-order valence-electron chi connectivity index (χ0n) is 7.87. The first-order valence-corrected chi connectivity index (χ1v) is 4.77. The largest absolute Gasteiger partial charge is 0.328 e. The van der Waals surface area contributed by atoms with Crippen molar-refractivity contribution >= 4 is 22.5 Å². The highest BCUT2D eigenvalue weighted by molar-refractivity contribution is 7.15. The number of anilines is 1. The molecule has 1 heterocycles. The van der Waals surface area contributed by atoms with Crippen molar-refractivity contribution in [2.24, 2.45) is 0 Å². The van der Waals surface area contributed by atoms with Gasteiger partial charge in [0.2, 0.25) is 5.13 Å². The molecule has 0 aliphatic rings. The van der Waals surface area contributed by atoms with Gasteiger partial charge in [0.05, 0.1) is 0 Å². The van der Waals surface area contributed by atoms with Crippen molar-refractivity contribution in [3.63, 3.8) is 0 Å². The first-order valence-electron chi connectivity index (χ1n) is 3.95. The number of nitrogens with one attached hydrogen (secondary N) is 1. The van der Waals surface area contributed by atoms with Crippen molar-refractivity contribution in [1.29, 1.82) is 0 Å². The van der Waals surface area contributed by atoms with Gasteiger partial charge in [0.15, 0.2) is 0 Å². The number of aromatic nitrogens is 2. The van der Waals surface area contributed by atoms with Crippen LogP contribution in [0.3, 0.4) is 0 Å². The van der Waals surface area contributed by atoms with Gasteiger partial charge in [-0.05, 0) is 13.8 Å². The molecule has 1 rings (SSSR count). The van der Waals surface area contributed by atoms with Gasteiger partial charge in [-0.2, -0.15) is 0 Å². The number of aryl methyl sites for hydroxylation is 1. The minimum absolute atomic E-state index is 0.154. The average Bonchev–Trinajstić information content (AvgIpc) is 2.49. The predicted molar refractivity (Wildman–Crippen MR) is 52.0 cm³/mol. The van der Waals surface area contributed by atoms with E-state index in [-0.39, 0.29) is 6.03 Å². The van der Waals surface area contributed by atoms with Gasteiger partial charge in [0.25, 0.3) is 0 Å². The van der Waals surface area contributed by atoms with E-state index in [1.54, 1.807) is 11.9 Å². The smallest absolute Gasteiger partial charge is 0.323 e. The first-order chi connectivity index (χ1) is 6.13. The van der Waals surface area contributed by atoms with Gasteiger partial charge in [0, 0.05) is 13.6 Å². The first kappa shape index (κ1) is 9.91. The van der Waals surface area contributed by atoms with Crippen LogP contribution in [0, 0.1) is 6.92 Å². The van der Waals surface area contributed by atoms with Crippen molar-refractivity contribution in [1.82, 2.24) is 15.1 Å². The number of hydrogen-bond acceptors (Lipinski definition) is 4. The highest BCUT2D eigenvalue weighted by Crippen LogP contribution is 2.13. The van der Waals surface area contributed by atoms with E-state index in [0.717, 1.165) is 5.01 Å². The molecule has 1 aromatic rings. The Hall–Kier alpha value is -1.17. The van der Waals surface area contributed by atoms with E-state index < -0.39 is 0 Å². The number of rotatable bonds is 2. The van der Waals surface area contributed by atoms with Crippen LogP contribution in [0.15, 0.2) is 0 Å². The van der Waals surface area contributed by atoms with Gasteiger partial charge in [-0.3, -0.25) is 5.32 Å². The van der Waals surface area contributed by atoms with Crippen molar-refractivity contribution in [3.05, 3.63) is 5.01 Å². The number of amides is 2. The van der Waals surface area contributed by atoms with Gasteiger partial charge in [-0.1, -0.05) is 11.3 Å². The number of hydrogen-bond donors (Lipinski definition) is 1. The molecular formula is C7H12N4OS. The zero-order chi connectivity index (χ0) is 9.84. The lowest BCUT2D eigenvalue weighted by Gasteiger charge is -2.13. The Bertz CT molecular complexity index is 298. The fraction of sp³-hybridized carbons (Fsp3) is 0.571. The normalized spacial score (nSPS) is 9.77. The van der Waals surface area contributed by atoms with E-state index in [4.69, 9.17) is 0 Å². The molecule has 0 unspecified atom stereocenters. The number of carbonyl (C=O) groups excluding carboxylic acids is 1. The van der Waals surface area contributed by atoms with Gasteiger partial charge in [-0.15, -0.1) is 10.2 Å². The van der Waals surface area contributed by atoms with Crippen LogP contribution in [-0.2, 0) is 0 Å². The molecule has 0 aromatic carbocycles. The molecule has 0 atom stereocenters. The molecule has 0 saturated carbocycles. The molecule has 0 saturated heterocycles. The Labute approximate surface area is 80.8 Å². The van der Waals surface area contributed by atoms with Crippen molar-refractivity contribution in [2.75, 3.05) is 18.9 Å². The Morgan fingerprint density at radius 2 is 2.31 bits per heavy atom. The molecule has 6 heteroatoms. The quantitative estimate of drug-likeness (QED) is 0.783. The Morgan fingerprint density at radius 1 is 1.62 bits per heavy atom. The van der Waals surface area contributed by atoms with Crippen LogP contribution in [-0.4, -0.2) is 34.7 Å². The summed E-state index contributed by atoms with van der Waals surface area (Å²) >= 11 is 1.36. The van der Waals surface area contributed by atoms with Gasteiger partial charge < -0.3 is 4.90 Å². The summed E-state index contributed by atoms with van der Waals surface area (Å²) in [5.74, 6) is 0. The molecule has 13 heavy (non-hydrogen) atoms. The second kappa shape index (κ2) is 4.18. The van der Waals surface area contributed by atoms with Crippen LogP contribution >= 0.6 is 11.3 Å². The zero-order valence-corrected chi connectivity index (χ0v) is 8.68. The van der Waals surface area contributed by atoms with E-state index in [0.29, 0.717) is 11.7 Å². The molecule has 2 amide bonds. The molecule has 1 N–H and O–H groups in total. The molecule has 0 radical (unpaired) electrons. The molecule has 0 fully saturated rings. The van der Waals surface area contributed by atoms with E-state index in [1.807, 2.05) is 13.8 Å². The van der Waals surface area contributed by atoms with Crippen LogP contribution in [0.2, 0.25) is 0 Å². The molecular weight excluding hydrogens is 188 g/mol. The number of nitrogens with zero attached hydrogens (tertiary/aromatic N) is 3. The lowest BCUT2D eigenvalue weighted by Crippen LogP contribution is -2.30. The third kappa shape index (κ3) is 2.66. The molecule has 5 nitrogen and oxygen atoms in total. The van der Waals surface area contributed by atoms with Crippen LogP contribution < -0.4 is 5.32 Å². The van der Waals surface area contributed by atoms with E-state index in [9.17, 15) is 4.79 Å². The Kier molecular flexibility index (Phi) is 3.18. The monoisotopic (exact) mass is 200 g/mol. The second-order valence-electron chi connectivity index (χ2n) is 2.57. The maximum atomic E-state index is 11.3. The lowest BCUT2D eigenvalue weighted by atomic mass is 10.6. The summed E-state index contributed by atoms with van der Waals surface area (Å²) in [5, 5.41) is 11.6.